The largest absolute Gasteiger partial charge is 0.491 e. The molecule has 0 radical (unpaired) electrons. The van der Waals surface area contributed by atoms with Gasteiger partial charge in [-0.15, -0.1) is 0 Å². The van der Waals surface area contributed by atoms with Crippen LogP contribution in [-0.4, -0.2) is 156 Å². The van der Waals surface area contributed by atoms with Crippen LogP contribution in [0.15, 0.2) is 47.1 Å². The minimum atomic E-state index is -3.62. The van der Waals surface area contributed by atoms with Crippen molar-refractivity contribution in [2.75, 3.05) is 81.9 Å². The number of aromatic nitrogens is 2. The van der Waals surface area contributed by atoms with Crippen LogP contribution in [0.1, 0.15) is 69.6 Å². The minimum Gasteiger partial charge on any atom is -0.491 e. The van der Waals surface area contributed by atoms with E-state index in [0.717, 1.165) is 37.1 Å². The lowest BCUT2D eigenvalue weighted by Crippen LogP contribution is -2.54. The fourth-order valence-corrected chi connectivity index (χ4v) is 9.79. The number of nitrogens with one attached hydrogen (secondary N) is 4. The second-order valence-corrected chi connectivity index (χ2v) is 18.7. The summed E-state index contributed by atoms with van der Waals surface area (Å²) in [6.45, 7) is 5.20. The molecular formula is C41H49BrFN11O9S. The summed E-state index contributed by atoms with van der Waals surface area (Å²) in [4.78, 5) is 89.0. The van der Waals surface area contributed by atoms with Crippen molar-refractivity contribution in [2.45, 2.75) is 50.6 Å². The third-order valence-electron chi connectivity index (χ3n) is 11.6. The van der Waals surface area contributed by atoms with Gasteiger partial charge in [0.25, 0.3) is 17.7 Å². The Kier molecular flexibility index (Phi) is 14.8. The van der Waals surface area contributed by atoms with Crippen LogP contribution in [-0.2, 0) is 24.4 Å². The minimum absolute atomic E-state index is 0.000267. The zero-order valence-corrected chi connectivity index (χ0v) is 37.2. The van der Waals surface area contributed by atoms with Crippen LogP contribution in [0.4, 0.5) is 21.8 Å². The first-order valence-electron chi connectivity index (χ1n) is 21.0. The van der Waals surface area contributed by atoms with Gasteiger partial charge in [0.15, 0.2) is 0 Å². The first kappa shape index (κ1) is 46.4. The van der Waals surface area contributed by atoms with Crippen LogP contribution in [0.2, 0.25) is 0 Å². The highest BCUT2D eigenvalue weighted by molar-refractivity contribution is 9.10. The zero-order valence-electron chi connectivity index (χ0n) is 34.8. The monoisotopic (exact) mass is 969 g/mol. The van der Waals surface area contributed by atoms with Gasteiger partial charge < -0.3 is 31.3 Å². The van der Waals surface area contributed by atoms with Crippen molar-refractivity contribution >= 4 is 78.8 Å². The van der Waals surface area contributed by atoms with E-state index in [0.29, 0.717) is 36.8 Å². The third kappa shape index (κ3) is 11.0. The number of rotatable bonds is 18. The van der Waals surface area contributed by atoms with Gasteiger partial charge in [0.1, 0.15) is 30.0 Å². The maximum atomic E-state index is 14.3. The Morgan fingerprint density at radius 3 is 2.39 bits per heavy atom. The molecule has 3 fully saturated rings. The summed E-state index contributed by atoms with van der Waals surface area (Å²) < 4.78 is 48.4. The van der Waals surface area contributed by atoms with Crippen molar-refractivity contribution in [3.8, 4) is 5.75 Å². The number of carbonyl (C=O) groups excluding carboxylic acids is 6. The summed E-state index contributed by atoms with van der Waals surface area (Å²) in [5.74, 6) is -3.66. The van der Waals surface area contributed by atoms with Crippen LogP contribution in [0, 0.1) is 5.82 Å². The van der Waals surface area contributed by atoms with E-state index in [-0.39, 0.29) is 103 Å². The third-order valence-corrected chi connectivity index (χ3v) is 14.0. The number of piperidine rings is 2. The molecule has 2 aromatic carbocycles. The molecule has 4 aliphatic heterocycles. The molecular weight excluding hydrogens is 921 g/mol. The molecule has 342 valence electrons. The Morgan fingerprint density at radius 1 is 0.953 bits per heavy atom. The lowest BCUT2D eigenvalue weighted by Gasteiger charge is -2.34. The highest BCUT2D eigenvalue weighted by Gasteiger charge is 2.46. The van der Waals surface area contributed by atoms with Gasteiger partial charge in [-0.1, -0.05) is 12.1 Å². The lowest BCUT2D eigenvalue weighted by atomic mass is 10.0. The predicted molar refractivity (Wildman–Crippen MR) is 234 cm³/mol. The van der Waals surface area contributed by atoms with E-state index in [1.54, 1.807) is 12.1 Å². The molecule has 1 atom stereocenters. The summed E-state index contributed by atoms with van der Waals surface area (Å²) >= 11 is 3.36. The molecule has 7 rings (SSSR count). The fraction of sp³-hybridized carbons (Fsp3) is 0.463. The predicted octanol–water partition coefficient (Wildman–Crippen LogP) is 1.42. The Hall–Kier alpha value is -5.62. The Bertz CT molecular complexity index is 2410. The number of nitrogens with zero attached hydrogens (tertiary/aromatic N) is 6. The number of halogens is 2. The summed E-state index contributed by atoms with van der Waals surface area (Å²) in [7, 11) is -3.62. The number of fused-ring (bicyclic) bond motifs is 1. The molecule has 3 aromatic rings. The van der Waals surface area contributed by atoms with Gasteiger partial charge in [-0.05, 0) is 72.4 Å². The van der Waals surface area contributed by atoms with Gasteiger partial charge in [-0.3, -0.25) is 43.9 Å². The molecule has 0 aliphatic carbocycles. The SMILES string of the molecule is NC(=O)c1c(F)cccc1Nc1nc(NC2CCN(S(=O)(=O)CCNC(=O)CCCN3CCN(CCOc4cccc5c4C(=O)N(C4CCC(=O)NC4=O)C5=O)CC3)CC2)ncc1Br. The maximum Gasteiger partial charge on any atom is 0.266 e. The fourth-order valence-electron chi connectivity index (χ4n) is 8.12. The molecule has 3 saturated heterocycles. The average Bonchev–Trinajstić information content (AvgIpc) is 3.51. The van der Waals surface area contributed by atoms with Crippen LogP contribution in [0.5, 0.6) is 5.75 Å². The number of sulfonamides is 1. The summed E-state index contributed by atoms with van der Waals surface area (Å²) in [6.07, 6.45) is 3.45. The van der Waals surface area contributed by atoms with Gasteiger partial charge in [0.2, 0.25) is 33.7 Å². The van der Waals surface area contributed by atoms with Crippen molar-refractivity contribution in [2.24, 2.45) is 5.73 Å². The van der Waals surface area contributed by atoms with Crippen molar-refractivity contribution in [3.63, 3.8) is 0 Å². The van der Waals surface area contributed by atoms with E-state index < -0.39 is 51.4 Å². The molecule has 0 saturated carbocycles. The molecule has 23 heteroatoms. The molecule has 5 heterocycles. The average molecular weight is 971 g/mol. The zero-order chi connectivity index (χ0) is 45.5. The van der Waals surface area contributed by atoms with E-state index >= 15 is 0 Å². The second-order valence-electron chi connectivity index (χ2n) is 15.8. The highest BCUT2D eigenvalue weighted by Crippen LogP contribution is 2.34. The van der Waals surface area contributed by atoms with Gasteiger partial charge in [0.05, 0.1) is 32.6 Å². The number of piperazine rings is 1. The van der Waals surface area contributed by atoms with Gasteiger partial charge in [-0.25, -0.2) is 22.1 Å². The number of imide groups is 2. The lowest BCUT2D eigenvalue weighted by molar-refractivity contribution is -0.136. The maximum absolute atomic E-state index is 14.3. The number of amides is 6. The molecule has 20 nitrogen and oxygen atoms in total. The first-order valence-corrected chi connectivity index (χ1v) is 23.4. The number of hydrogen-bond donors (Lipinski definition) is 5. The molecule has 6 N–H and O–H groups in total. The number of primary amides is 1. The van der Waals surface area contributed by atoms with E-state index in [4.69, 9.17) is 10.5 Å². The molecule has 4 aliphatic rings. The molecule has 0 bridgehead atoms. The van der Waals surface area contributed by atoms with Gasteiger partial charge in [0, 0.05) is 77.4 Å². The van der Waals surface area contributed by atoms with Gasteiger partial charge >= 0.3 is 0 Å². The topological polar surface area (TPSA) is 259 Å². The highest BCUT2D eigenvalue weighted by atomic mass is 79.9. The molecule has 1 unspecified atom stereocenters. The van der Waals surface area contributed by atoms with Crippen LogP contribution in [0.25, 0.3) is 0 Å². The number of carbonyl (C=O) groups is 6. The van der Waals surface area contributed by atoms with E-state index in [1.807, 2.05) is 0 Å². The summed E-state index contributed by atoms with van der Waals surface area (Å²) in [5.41, 5.74) is 5.49. The summed E-state index contributed by atoms with van der Waals surface area (Å²) in [6, 6.07) is 7.66. The normalized spacial score (nSPS) is 19.0. The van der Waals surface area contributed by atoms with Crippen LogP contribution >= 0.6 is 15.9 Å². The van der Waals surface area contributed by atoms with Crippen molar-refractivity contribution in [1.29, 1.82) is 0 Å². The Morgan fingerprint density at radius 2 is 1.67 bits per heavy atom. The Balaban J connectivity index is 0.761. The van der Waals surface area contributed by atoms with Crippen molar-refractivity contribution in [3.05, 3.63) is 69.6 Å². The van der Waals surface area contributed by atoms with E-state index in [1.165, 1.54) is 28.7 Å². The van der Waals surface area contributed by atoms with Crippen LogP contribution < -0.4 is 31.7 Å². The number of hydrogen-bond acceptors (Lipinski definition) is 15. The standard InChI is InChI=1S/C41H49BrFN11O9S/c42-27-24-46-41(50-37(27)48-29-6-2-5-28(43)35(29)36(44)57)47-25-11-15-53(16-12-25)64(61,62)23-13-45-32(55)8-3-14-51-17-19-52(20-18-51)21-22-63-31-7-1-4-26-34(31)40(60)54(39(26)59)30-9-10-33(56)49-38(30)58/h1-2,4-7,24-25,30H,3,8-23H2,(H2,44,57)(H,45,55)(H,49,56,58)(H2,46,47,48,50). The molecule has 1 aromatic heterocycles. The van der Waals surface area contributed by atoms with E-state index in [2.05, 4.69) is 57.0 Å². The number of benzene rings is 2. The number of ether oxygens (including phenoxy) is 1. The first-order chi connectivity index (χ1) is 30.7. The number of anilines is 3. The quantitative estimate of drug-likeness (QED) is 0.113. The number of nitrogens with two attached hydrogens (primary N) is 1. The van der Waals surface area contributed by atoms with Gasteiger partial charge in [-0.2, -0.15) is 4.98 Å². The van der Waals surface area contributed by atoms with Crippen molar-refractivity contribution < 1.29 is 46.3 Å². The Labute approximate surface area is 377 Å². The van der Waals surface area contributed by atoms with Crippen molar-refractivity contribution in [1.82, 2.24) is 39.6 Å². The second kappa shape index (κ2) is 20.5. The van der Waals surface area contributed by atoms with Crippen LogP contribution in [0.3, 0.4) is 0 Å². The molecule has 64 heavy (non-hydrogen) atoms. The molecule has 6 amide bonds. The smallest absolute Gasteiger partial charge is 0.266 e. The summed E-state index contributed by atoms with van der Waals surface area (Å²) in [5, 5.41) is 11.1. The molecule has 0 spiro atoms. The van der Waals surface area contributed by atoms with E-state index in [9.17, 15) is 41.6 Å².